The third kappa shape index (κ3) is 15.4. The number of methoxy groups -OCH3 is 1. The summed E-state index contributed by atoms with van der Waals surface area (Å²) < 4.78 is 61.7. The minimum absolute atomic E-state index is 0. The van der Waals surface area contributed by atoms with E-state index >= 15 is 4.39 Å². The lowest BCUT2D eigenvalue weighted by Gasteiger charge is -2.42. The van der Waals surface area contributed by atoms with Gasteiger partial charge < -0.3 is 68.8 Å². The topological polar surface area (TPSA) is 314 Å². The number of aromatic nitrogens is 2. The number of nitrogens with zero attached hydrogens (tertiary/aromatic N) is 2. The van der Waals surface area contributed by atoms with Crippen molar-refractivity contribution in [2.75, 3.05) is 46.6 Å². The molecular formula is C62H75FN6O18S2. The Morgan fingerprint density at radius 2 is 1.71 bits per heavy atom. The maximum atomic E-state index is 15.4. The number of hydrogen-bond donors (Lipinski definition) is 5. The first-order valence-corrected chi connectivity index (χ1v) is 29.2. The van der Waals surface area contributed by atoms with Crippen LogP contribution in [0.5, 0.6) is 5.75 Å². The van der Waals surface area contributed by atoms with Crippen LogP contribution in [0.4, 0.5) is 9.18 Å². The van der Waals surface area contributed by atoms with Crippen LogP contribution in [0.15, 0.2) is 35.1 Å². The molecule has 1 saturated heterocycles. The molecule has 0 radical (unpaired) electrons. The van der Waals surface area contributed by atoms with Gasteiger partial charge in [0, 0.05) is 61.4 Å². The van der Waals surface area contributed by atoms with Crippen molar-refractivity contribution >= 4 is 85.4 Å². The summed E-state index contributed by atoms with van der Waals surface area (Å²) in [5.41, 5.74) is 1.40. The number of rotatable bonds is 22. The van der Waals surface area contributed by atoms with Crippen molar-refractivity contribution in [3.8, 4) is 29.0 Å². The first-order chi connectivity index (χ1) is 41.7. The Balaban J connectivity index is 0.00000564. The summed E-state index contributed by atoms with van der Waals surface area (Å²) in [6.45, 7) is 6.01. The Hall–Kier alpha value is -7.61. The summed E-state index contributed by atoms with van der Waals surface area (Å²) in [7, 11) is 1.20. The number of nitrogens with one attached hydrogen (secondary N) is 4. The second-order valence-corrected chi connectivity index (χ2v) is 22.3. The van der Waals surface area contributed by atoms with E-state index in [0.29, 0.717) is 57.4 Å². The van der Waals surface area contributed by atoms with Crippen molar-refractivity contribution in [1.29, 1.82) is 0 Å². The van der Waals surface area contributed by atoms with E-state index in [-0.39, 0.29) is 114 Å². The highest BCUT2D eigenvalue weighted by molar-refractivity contribution is 7.59. The first-order valence-electron chi connectivity index (χ1n) is 29.2. The number of esters is 3. The van der Waals surface area contributed by atoms with E-state index in [2.05, 4.69) is 33.1 Å². The predicted octanol–water partition coefficient (Wildman–Crippen LogP) is 4.44. The van der Waals surface area contributed by atoms with Crippen LogP contribution < -0.4 is 31.6 Å². The molecule has 5 aliphatic rings. The molecule has 5 heterocycles. The number of carbonyl (C=O) groups excluding carboxylic acids is 8. The molecule has 2 aromatic carbocycles. The van der Waals surface area contributed by atoms with Crippen LogP contribution in [-0.2, 0) is 93.7 Å². The van der Waals surface area contributed by atoms with Crippen molar-refractivity contribution in [1.82, 2.24) is 30.8 Å². The van der Waals surface area contributed by atoms with E-state index in [4.69, 9.17) is 42.9 Å². The van der Waals surface area contributed by atoms with Gasteiger partial charge in [-0.1, -0.05) is 39.2 Å². The Morgan fingerprint density at radius 3 is 2.46 bits per heavy atom. The van der Waals surface area contributed by atoms with Gasteiger partial charge >= 0.3 is 24.0 Å². The summed E-state index contributed by atoms with van der Waals surface area (Å²) >= 11 is 0. The van der Waals surface area contributed by atoms with Crippen LogP contribution in [0.2, 0.25) is 0 Å². The van der Waals surface area contributed by atoms with E-state index in [1.807, 2.05) is 0 Å². The lowest BCUT2D eigenvalue weighted by Crippen LogP contribution is -2.55. The lowest BCUT2D eigenvalue weighted by molar-refractivity contribution is -0.248. The Morgan fingerprint density at radius 1 is 0.933 bits per heavy atom. The number of ether oxygens (including phenoxy) is 8. The molecule has 0 bridgehead atoms. The maximum absolute atomic E-state index is 15.4. The van der Waals surface area contributed by atoms with Gasteiger partial charge in [0.25, 0.3) is 11.5 Å². The van der Waals surface area contributed by atoms with Crippen molar-refractivity contribution in [3.05, 3.63) is 91.0 Å². The van der Waals surface area contributed by atoms with Crippen LogP contribution in [0.25, 0.3) is 22.3 Å². The molecule has 480 valence electrons. The Kier molecular flexibility index (Phi) is 23.4. The van der Waals surface area contributed by atoms with E-state index in [9.17, 15) is 48.3 Å². The monoisotopic (exact) mass is 1270 g/mol. The van der Waals surface area contributed by atoms with Crippen molar-refractivity contribution in [2.24, 2.45) is 11.8 Å². The van der Waals surface area contributed by atoms with Gasteiger partial charge in [-0.05, 0) is 91.8 Å². The van der Waals surface area contributed by atoms with E-state index < -0.39 is 114 Å². The standard InChI is InChI=1S/C62H71FN6O18.2H2S/c1-7-62(79)43-24-47-53-41(27-69(47)57(75)42(43)29-83-60(62)77)52-45(17-16-39-34(4)44(63)25-46(68-53)51(39)52)67-50(73)30-81-22-19-37(71)26-66-61(78)84-28-36-15-18-48(86-59-55(85-35(5)70)33(3)32(2)54(87-59)58(76)80-6)40(23-36)56(74)65-21-20-64-49(72)31-82-38-13-11-9-8-10-12-14-38;;/h15,18,23-25,32-33,38,45,54-55,59,79H,7-11,13,16-17,19-22,26-31H2,1-6H3,(H,64,72)(H,65,74)(H,66,78)(H,67,73);2*1H2/t32-,33-,38?,45-,54-,55+,59+,62-;;/m0../s1. The number of carbonyl (C=O) groups is 8. The summed E-state index contributed by atoms with van der Waals surface area (Å²) in [5, 5.41) is 22.9. The minimum Gasteiger partial charge on any atom is -0.467 e. The minimum atomic E-state index is -2.06. The SMILES string of the molecule is CC[C@@]1(O)C(=O)OCc2c1cc1n(c2=O)Cc2c-1nc1cc(F)c(C)c3c1c2[C@@H](NC(=O)COCCC(=O)CNC(=O)OCc1ccc(O[C@@H]2O[C@H](C(=O)OC)[C@@H](C)[C@H](C)[C@H]2OC(C)=O)c(C(=O)NCCNC(=O)COC2C#CCCCCC2)c1)CC3.S.S. The molecule has 5 N–H and O–H groups in total. The highest BCUT2D eigenvalue weighted by Crippen LogP contribution is 2.46. The van der Waals surface area contributed by atoms with Gasteiger partial charge in [-0.15, -0.1) is 5.92 Å². The average Bonchev–Trinajstić information content (AvgIpc) is 1.65. The van der Waals surface area contributed by atoms with Crippen LogP contribution in [0.3, 0.4) is 0 Å². The Bertz CT molecular complexity index is 3540. The third-order valence-corrected chi connectivity index (χ3v) is 16.6. The van der Waals surface area contributed by atoms with Crippen molar-refractivity contribution < 1.29 is 85.7 Å². The number of pyridine rings is 2. The molecule has 9 rings (SSSR count). The van der Waals surface area contributed by atoms with Crippen LogP contribution in [-0.4, -0.2) is 133 Å². The van der Waals surface area contributed by atoms with Gasteiger partial charge in [-0.25, -0.2) is 23.8 Å². The number of fused-ring (bicyclic) bond motifs is 5. The number of amides is 4. The number of hydrogen-bond acceptors (Lipinski definition) is 19. The molecule has 89 heavy (non-hydrogen) atoms. The Labute approximate surface area is 526 Å². The van der Waals surface area contributed by atoms with Gasteiger partial charge in [0.2, 0.25) is 18.1 Å². The quantitative estimate of drug-likeness (QED) is 0.0277. The van der Waals surface area contributed by atoms with Gasteiger partial charge in [0.05, 0.1) is 60.9 Å². The fourth-order valence-electron chi connectivity index (χ4n) is 11.6. The molecular weight excluding hydrogens is 1200 g/mol. The molecule has 1 fully saturated rings. The molecule has 2 aromatic heterocycles. The fraction of sp³-hybridized carbons (Fsp3) is 0.516. The van der Waals surface area contributed by atoms with Crippen LogP contribution in [0.1, 0.15) is 134 Å². The largest absolute Gasteiger partial charge is 0.467 e. The zero-order valence-electron chi connectivity index (χ0n) is 50.3. The van der Waals surface area contributed by atoms with Crippen molar-refractivity contribution in [2.45, 2.75) is 148 Å². The highest BCUT2D eigenvalue weighted by atomic mass is 32.1. The van der Waals surface area contributed by atoms with E-state index in [1.54, 1.807) is 33.8 Å². The number of aryl methyl sites for hydroxylation is 1. The molecule has 0 saturated carbocycles. The third-order valence-electron chi connectivity index (χ3n) is 16.6. The predicted molar refractivity (Wildman–Crippen MR) is 325 cm³/mol. The number of alkyl carbamates (subject to hydrolysis) is 1. The molecule has 0 spiro atoms. The maximum Gasteiger partial charge on any atom is 0.407 e. The van der Waals surface area contributed by atoms with Gasteiger partial charge in [0.1, 0.15) is 44.1 Å². The lowest BCUT2D eigenvalue weighted by atomic mass is 9.81. The summed E-state index contributed by atoms with van der Waals surface area (Å²) in [4.78, 5) is 123. The molecule has 1 unspecified atom stereocenters. The van der Waals surface area contributed by atoms with Crippen LogP contribution in [0, 0.1) is 36.4 Å². The number of benzene rings is 2. The normalized spacial score (nSPS) is 22.0. The van der Waals surface area contributed by atoms with Gasteiger partial charge in [0.15, 0.2) is 23.6 Å². The number of aliphatic hydroxyl groups is 1. The number of ketones is 1. The molecule has 8 atom stereocenters. The molecule has 3 aliphatic heterocycles. The highest BCUT2D eigenvalue weighted by Gasteiger charge is 2.49. The fourth-order valence-corrected chi connectivity index (χ4v) is 11.6. The molecule has 4 amide bonds. The second-order valence-electron chi connectivity index (χ2n) is 22.3. The van der Waals surface area contributed by atoms with Gasteiger partial charge in [-0.3, -0.25) is 28.8 Å². The molecule has 24 nitrogen and oxygen atoms in total. The van der Waals surface area contributed by atoms with Gasteiger partial charge in [-0.2, -0.15) is 27.0 Å². The smallest absolute Gasteiger partial charge is 0.407 e. The van der Waals surface area contributed by atoms with Crippen molar-refractivity contribution in [3.63, 3.8) is 0 Å². The van der Waals surface area contributed by atoms with Crippen LogP contribution >= 0.6 is 27.0 Å². The number of cyclic esters (lactones) is 1. The second kappa shape index (κ2) is 30.3. The molecule has 4 aromatic rings. The molecule has 27 heteroatoms. The first kappa shape index (κ1) is 68.9. The summed E-state index contributed by atoms with van der Waals surface area (Å²) in [6, 6.07) is 6.54. The molecule has 2 aliphatic carbocycles. The van der Waals surface area contributed by atoms with E-state index in [1.165, 1.54) is 42.9 Å². The average molecular weight is 1280 g/mol. The number of Topliss-reactive ketones (excluding diaryl/α,β-unsaturated/α-hetero) is 1. The zero-order chi connectivity index (χ0) is 62.3. The summed E-state index contributed by atoms with van der Waals surface area (Å²) in [5.74, 6) is 0.382. The number of halogens is 1. The van der Waals surface area contributed by atoms with E-state index in [0.717, 1.165) is 37.7 Å². The zero-order valence-corrected chi connectivity index (χ0v) is 52.3. The summed E-state index contributed by atoms with van der Waals surface area (Å²) in [6.07, 6.45) is 0.202.